The highest BCUT2D eigenvalue weighted by atomic mass is 15.1. The fraction of sp³-hybridized carbons (Fsp3) is 0.0164. The summed E-state index contributed by atoms with van der Waals surface area (Å²) in [6.07, 6.45) is 0. The monoisotopic (exact) mass is 785 g/mol. The topological polar surface area (TPSA) is 3.24 Å². The van der Waals surface area contributed by atoms with Gasteiger partial charge in [0, 0.05) is 16.9 Å². The van der Waals surface area contributed by atoms with Gasteiger partial charge in [-0.2, -0.15) is 0 Å². The van der Waals surface area contributed by atoms with Crippen molar-refractivity contribution in [2.75, 3.05) is 4.90 Å². The average Bonchev–Trinajstić information content (AvgIpc) is 3.83. The fourth-order valence-electron chi connectivity index (χ4n) is 11.1. The van der Waals surface area contributed by atoms with Gasteiger partial charge in [-0.05, 0) is 130 Å². The van der Waals surface area contributed by atoms with Gasteiger partial charge in [0.25, 0.3) is 0 Å². The van der Waals surface area contributed by atoms with Crippen LogP contribution in [-0.4, -0.2) is 0 Å². The first-order valence-corrected chi connectivity index (χ1v) is 21.6. The third-order valence-corrected chi connectivity index (χ3v) is 13.6. The minimum Gasteiger partial charge on any atom is -0.310 e. The van der Waals surface area contributed by atoms with E-state index >= 15 is 0 Å². The second-order valence-corrected chi connectivity index (χ2v) is 16.7. The zero-order valence-corrected chi connectivity index (χ0v) is 34.0. The molecule has 0 radical (unpaired) electrons. The van der Waals surface area contributed by atoms with Gasteiger partial charge in [-0.3, -0.25) is 0 Å². The lowest BCUT2D eigenvalue weighted by atomic mass is 9.70. The van der Waals surface area contributed by atoms with Crippen molar-refractivity contribution in [3.63, 3.8) is 0 Å². The van der Waals surface area contributed by atoms with Gasteiger partial charge < -0.3 is 4.90 Å². The second kappa shape index (κ2) is 13.5. The van der Waals surface area contributed by atoms with Crippen LogP contribution in [0.4, 0.5) is 17.1 Å². The highest BCUT2D eigenvalue weighted by molar-refractivity contribution is 6.26. The summed E-state index contributed by atoms with van der Waals surface area (Å²) in [5.41, 5.74) is 18.1. The molecule has 0 amide bonds. The van der Waals surface area contributed by atoms with Crippen LogP contribution in [0.1, 0.15) is 22.3 Å². The van der Waals surface area contributed by atoms with Crippen LogP contribution in [0.25, 0.3) is 76.8 Å². The average molecular weight is 786 g/mol. The van der Waals surface area contributed by atoms with E-state index in [9.17, 15) is 0 Å². The summed E-state index contributed by atoms with van der Waals surface area (Å²) >= 11 is 0. The van der Waals surface area contributed by atoms with Crippen molar-refractivity contribution < 1.29 is 0 Å². The summed E-state index contributed by atoms with van der Waals surface area (Å²) in [6.45, 7) is 0. The summed E-state index contributed by atoms with van der Waals surface area (Å²) in [6, 6.07) is 88.0. The molecule has 1 nitrogen and oxygen atoms in total. The first-order chi connectivity index (χ1) is 30.8. The van der Waals surface area contributed by atoms with E-state index in [1.807, 2.05) is 0 Å². The van der Waals surface area contributed by atoms with Crippen molar-refractivity contribution in [1.29, 1.82) is 0 Å². The summed E-state index contributed by atoms with van der Waals surface area (Å²) < 4.78 is 0. The smallest absolute Gasteiger partial charge is 0.0726 e. The number of anilines is 3. The Morgan fingerprint density at radius 1 is 0.258 bits per heavy atom. The van der Waals surface area contributed by atoms with E-state index in [0.29, 0.717) is 0 Å². The molecule has 1 spiro atoms. The number of fused-ring (bicyclic) bond motifs is 16. The third-order valence-electron chi connectivity index (χ3n) is 13.6. The number of rotatable bonds is 5. The molecule has 2 aliphatic rings. The van der Waals surface area contributed by atoms with Gasteiger partial charge in [-0.15, -0.1) is 0 Å². The maximum absolute atomic E-state index is 2.55. The molecule has 0 N–H and O–H groups in total. The SMILES string of the molecule is c1ccc(-c2cc(-c3ccccc3)cc(N(c3ccc4c5ccccc5c5ccccc5c4c3)c3cccc4c3-c3ccccc3C43c4ccccc4-c4ccccc43)c2)cc1. The third kappa shape index (κ3) is 4.91. The Morgan fingerprint density at radius 2 is 0.694 bits per heavy atom. The van der Waals surface area contributed by atoms with E-state index in [-0.39, 0.29) is 0 Å². The molecular weight excluding hydrogens is 747 g/mol. The van der Waals surface area contributed by atoms with Crippen molar-refractivity contribution in [2.24, 2.45) is 0 Å². The molecule has 0 aliphatic heterocycles. The van der Waals surface area contributed by atoms with Crippen molar-refractivity contribution in [3.8, 4) is 44.5 Å². The molecule has 0 fully saturated rings. The fourth-order valence-corrected chi connectivity index (χ4v) is 11.1. The van der Waals surface area contributed by atoms with Gasteiger partial charge in [-0.1, -0.05) is 200 Å². The van der Waals surface area contributed by atoms with Crippen molar-refractivity contribution >= 4 is 49.4 Å². The van der Waals surface area contributed by atoms with E-state index in [1.54, 1.807) is 0 Å². The molecule has 0 unspecified atom stereocenters. The largest absolute Gasteiger partial charge is 0.310 e. The van der Waals surface area contributed by atoms with Crippen LogP contribution in [0.15, 0.2) is 237 Å². The number of nitrogens with zero attached hydrogens (tertiary/aromatic N) is 1. The summed E-state index contributed by atoms with van der Waals surface area (Å²) in [5.74, 6) is 0. The summed E-state index contributed by atoms with van der Waals surface area (Å²) in [4.78, 5) is 2.55. The Kier molecular flexibility index (Phi) is 7.59. The molecule has 288 valence electrons. The maximum Gasteiger partial charge on any atom is 0.0726 e. The van der Waals surface area contributed by atoms with Crippen molar-refractivity contribution in [2.45, 2.75) is 5.41 Å². The molecule has 13 rings (SSSR count). The first kappa shape index (κ1) is 34.8. The van der Waals surface area contributed by atoms with E-state index in [4.69, 9.17) is 0 Å². The van der Waals surface area contributed by atoms with Crippen LogP contribution in [0.2, 0.25) is 0 Å². The quantitative estimate of drug-likeness (QED) is 0.157. The summed E-state index contributed by atoms with van der Waals surface area (Å²) in [7, 11) is 0. The van der Waals surface area contributed by atoms with Crippen LogP contribution in [-0.2, 0) is 5.41 Å². The molecule has 62 heavy (non-hydrogen) atoms. The predicted molar refractivity (Wildman–Crippen MR) is 261 cm³/mol. The Balaban J connectivity index is 1.15. The lowest BCUT2D eigenvalue weighted by molar-refractivity contribution is 0.794. The molecule has 0 aromatic heterocycles. The highest BCUT2D eigenvalue weighted by Crippen LogP contribution is 2.64. The lowest BCUT2D eigenvalue weighted by Gasteiger charge is -2.32. The summed E-state index contributed by atoms with van der Waals surface area (Å²) in [5, 5.41) is 7.58. The van der Waals surface area contributed by atoms with Gasteiger partial charge in [0.15, 0.2) is 0 Å². The molecule has 1 heteroatoms. The van der Waals surface area contributed by atoms with E-state index in [1.165, 1.54) is 99.1 Å². The van der Waals surface area contributed by atoms with Crippen LogP contribution in [0, 0.1) is 0 Å². The van der Waals surface area contributed by atoms with Crippen LogP contribution < -0.4 is 4.90 Å². The Labute approximate surface area is 361 Å². The van der Waals surface area contributed by atoms with E-state index in [2.05, 4.69) is 241 Å². The number of hydrogen-bond donors (Lipinski definition) is 0. The molecule has 0 saturated heterocycles. The molecule has 0 bridgehead atoms. The zero-order chi connectivity index (χ0) is 40.8. The molecule has 0 atom stereocenters. The van der Waals surface area contributed by atoms with Crippen molar-refractivity contribution in [3.05, 3.63) is 259 Å². The maximum atomic E-state index is 2.55. The van der Waals surface area contributed by atoms with E-state index in [0.717, 1.165) is 17.1 Å². The standard InChI is InChI=1S/C61H39N/c1-3-18-40(19-4-1)42-36-43(41-20-5-2-6-21-41)38-45(37-42)62(44-34-35-50-48-24-8-7-22-46(48)47-23-9-10-25-49(47)54(50)39-44)59-33-17-32-58-60(59)53-28-13-16-31-57(53)61(58)55-29-14-11-26-51(55)52-27-12-15-30-56(52)61/h1-39H. The normalized spacial score (nSPS) is 13.0. The molecule has 11 aromatic carbocycles. The van der Waals surface area contributed by atoms with Gasteiger partial charge in [-0.25, -0.2) is 0 Å². The second-order valence-electron chi connectivity index (χ2n) is 16.7. The number of hydrogen-bond acceptors (Lipinski definition) is 1. The van der Waals surface area contributed by atoms with Crippen LogP contribution >= 0.6 is 0 Å². The molecule has 0 saturated carbocycles. The number of benzene rings is 11. The first-order valence-electron chi connectivity index (χ1n) is 21.6. The highest BCUT2D eigenvalue weighted by Gasteiger charge is 2.52. The Hall–Kier alpha value is -8.00. The molecular formula is C61H39N. The van der Waals surface area contributed by atoms with Gasteiger partial charge in [0.05, 0.1) is 11.1 Å². The Bertz CT molecular complexity index is 3440. The zero-order valence-electron chi connectivity index (χ0n) is 34.0. The van der Waals surface area contributed by atoms with Gasteiger partial charge in [0.1, 0.15) is 0 Å². The van der Waals surface area contributed by atoms with Crippen LogP contribution in [0.5, 0.6) is 0 Å². The van der Waals surface area contributed by atoms with Crippen molar-refractivity contribution in [1.82, 2.24) is 0 Å². The predicted octanol–water partition coefficient (Wildman–Crippen LogP) is 16.3. The molecule has 0 heterocycles. The minimum atomic E-state index is -0.458. The Morgan fingerprint density at radius 3 is 1.26 bits per heavy atom. The minimum absolute atomic E-state index is 0.458. The van der Waals surface area contributed by atoms with E-state index < -0.39 is 5.41 Å². The van der Waals surface area contributed by atoms with Gasteiger partial charge in [0.2, 0.25) is 0 Å². The van der Waals surface area contributed by atoms with Crippen LogP contribution in [0.3, 0.4) is 0 Å². The van der Waals surface area contributed by atoms with Gasteiger partial charge >= 0.3 is 0 Å². The molecule has 2 aliphatic carbocycles. The lowest BCUT2D eigenvalue weighted by Crippen LogP contribution is -2.26. The molecule has 11 aromatic rings.